The molecule has 2 rings (SSSR count). The van der Waals surface area contributed by atoms with Crippen molar-refractivity contribution in [2.45, 2.75) is 26.1 Å². The molecule has 0 saturated carbocycles. The third-order valence-corrected chi connectivity index (χ3v) is 3.26. The maximum absolute atomic E-state index is 11.9. The van der Waals surface area contributed by atoms with Crippen molar-refractivity contribution >= 4 is 5.91 Å². The molecule has 1 aliphatic rings. The summed E-state index contributed by atoms with van der Waals surface area (Å²) < 4.78 is 7.26. The van der Waals surface area contributed by atoms with E-state index in [0.29, 0.717) is 12.2 Å². The van der Waals surface area contributed by atoms with Crippen LogP contribution >= 0.6 is 0 Å². The third kappa shape index (κ3) is 3.78. The van der Waals surface area contributed by atoms with Gasteiger partial charge in [-0.05, 0) is 19.9 Å². The van der Waals surface area contributed by atoms with Crippen LogP contribution in [0.15, 0.2) is 12.3 Å². The van der Waals surface area contributed by atoms with E-state index >= 15 is 0 Å². The summed E-state index contributed by atoms with van der Waals surface area (Å²) in [5.74, 6) is -0.0747. The van der Waals surface area contributed by atoms with Crippen LogP contribution in [0.2, 0.25) is 0 Å². The minimum absolute atomic E-state index is 0.0747. The number of aromatic nitrogens is 2. The normalized spacial score (nSPS) is 24.4. The van der Waals surface area contributed by atoms with E-state index in [-0.39, 0.29) is 18.1 Å². The van der Waals surface area contributed by atoms with Crippen molar-refractivity contribution in [3.63, 3.8) is 0 Å². The molecule has 1 N–H and O–H groups in total. The van der Waals surface area contributed by atoms with Crippen LogP contribution in [0.5, 0.6) is 0 Å². The Morgan fingerprint density at radius 1 is 1.47 bits per heavy atom. The first-order valence-electron chi connectivity index (χ1n) is 6.70. The summed E-state index contributed by atoms with van der Waals surface area (Å²) in [7, 11) is 1.76. The molecule has 6 heteroatoms. The number of hydrogen-bond acceptors (Lipinski definition) is 4. The molecule has 0 bridgehead atoms. The van der Waals surface area contributed by atoms with Crippen LogP contribution in [0.4, 0.5) is 0 Å². The van der Waals surface area contributed by atoms with Crippen LogP contribution in [0.25, 0.3) is 0 Å². The molecule has 19 heavy (non-hydrogen) atoms. The second-order valence-corrected chi connectivity index (χ2v) is 5.11. The zero-order chi connectivity index (χ0) is 13.8. The standard InChI is InChI=1S/C13H22N4O2/c1-10-8-17(9-11(2)19-10)7-6-14-13(18)12-4-5-15-16(12)3/h4-5,10-11H,6-9H2,1-3H3,(H,14,18)/t10-,11+. The fourth-order valence-corrected chi connectivity index (χ4v) is 2.48. The lowest BCUT2D eigenvalue weighted by molar-refractivity contribution is -0.0672. The number of nitrogens with zero attached hydrogens (tertiary/aromatic N) is 3. The fraction of sp³-hybridized carbons (Fsp3) is 0.692. The van der Waals surface area contributed by atoms with E-state index in [0.717, 1.165) is 19.6 Å². The minimum Gasteiger partial charge on any atom is -0.373 e. The van der Waals surface area contributed by atoms with Crippen molar-refractivity contribution in [3.05, 3.63) is 18.0 Å². The highest BCUT2D eigenvalue weighted by Crippen LogP contribution is 2.09. The number of carbonyl (C=O) groups excluding carboxylic acids is 1. The lowest BCUT2D eigenvalue weighted by Crippen LogP contribution is -2.47. The van der Waals surface area contributed by atoms with Crippen LogP contribution in [-0.2, 0) is 11.8 Å². The summed E-state index contributed by atoms with van der Waals surface area (Å²) in [6.07, 6.45) is 2.15. The maximum Gasteiger partial charge on any atom is 0.269 e. The molecule has 6 nitrogen and oxygen atoms in total. The van der Waals surface area contributed by atoms with Crippen molar-refractivity contribution in [1.29, 1.82) is 0 Å². The van der Waals surface area contributed by atoms with Gasteiger partial charge in [-0.2, -0.15) is 5.10 Å². The number of ether oxygens (including phenoxy) is 1. The van der Waals surface area contributed by atoms with Crippen LogP contribution in [0.1, 0.15) is 24.3 Å². The third-order valence-electron chi connectivity index (χ3n) is 3.26. The molecule has 0 spiro atoms. The van der Waals surface area contributed by atoms with Gasteiger partial charge in [0.2, 0.25) is 0 Å². The maximum atomic E-state index is 11.9. The number of rotatable bonds is 4. The van der Waals surface area contributed by atoms with Gasteiger partial charge < -0.3 is 10.1 Å². The molecule has 1 amide bonds. The second-order valence-electron chi connectivity index (χ2n) is 5.11. The smallest absolute Gasteiger partial charge is 0.269 e. The summed E-state index contributed by atoms with van der Waals surface area (Å²) in [6, 6.07) is 1.72. The van der Waals surface area contributed by atoms with Crippen molar-refractivity contribution < 1.29 is 9.53 Å². The molecule has 0 radical (unpaired) electrons. The highest BCUT2D eigenvalue weighted by atomic mass is 16.5. The quantitative estimate of drug-likeness (QED) is 0.849. The molecule has 106 valence electrons. The zero-order valence-electron chi connectivity index (χ0n) is 11.8. The van der Waals surface area contributed by atoms with Gasteiger partial charge in [-0.15, -0.1) is 0 Å². The van der Waals surface area contributed by atoms with Gasteiger partial charge in [-0.1, -0.05) is 0 Å². The van der Waals surface area contributed by atoms with Crippen LogP contribution in [0.3, 0.4) is 0 Å². The molecule has 0 aliphatic carbocycles. The molecule has 1 aliphatic heterocycles. The van der Waals surface area contributed by atoms with Gasteiger partial charge in [0.25, 0.3) is 5.91 Å². The average Bonchev–Trinajstić information content (AvgIpc) is 2.74. The molecule has 0 aromatic carbocycles. The number of amides is 1. The monoisotopic (exact) mass is 266 g/mol. The predicted octanol–water partition coefficient (Wildman–Crippen LogP) is 0.259. The number of nitrogens with one attached hydrogen (secondary N) is 1. The van der Waals surface area contributed by atoms with E-state index in [9.17, 15) is 4.79 Å². The molecule has 1 aromatic heterocycles. The molecule has 0 unspecified atom stereocenters. The molecular formula is C13H22N4O2. The highest BCUT2D eigenvalue weighted by molar-refractivity contribution is 5.92. The Kier molecular flexibility index (Phi) is 4.55. The van der Waals surface area contributed by atoms with Crippen molar-refractivity contribution in [2.24, 2.45) is 7.05 Å². The summed E-state index contributed by atoms with van der Waals surface area (Å²) in [5, 5.41) is 6.90. The van der Waals surface area contributed by atoms with Crippen molar-refractivity contribution in [2.75, 3.05) is 26.2 Å². The summed E-state index contributed by atoms with van der Waals surface area (Å²) in [4.78, 5) is 14.2. The topological polar surface area (TPSA) is 59.4 Å². The Bertz CT molecular complexity index is 422. The van der Waals surface area contributed by atoms with Gasteiger partial charge in [0.15, 0.2) is 0 Å². The van der Waals surface area contributed by atoms with E-state index in [1.807, 2.05) is 0 Å². The molecule has 1 fully saturated rings. The second kappa shape index (κ2) is 6.16. The van der Waals surface area contributed by atoms with Gasteiger partial charge in [0, 0.05) is 39.4 Å². The first-order chi connectivity index (χ1) is 9.06. The molecule has 2 heterocycles. The number of carbonyl (C=O) groups is 1. The van der Waals surface area contributed by atoms with Crippen molar-refractivity contribution in [1.82, 2.24) is 20.0 Å². The van der Waals surface area contributed by atoms with Gasteiger partial charge >= 0.3 is 0 Å². The van der Waals surface area contributed by atoms with E-state index in [4.69, 9.17) is 4.74 Å². The largest absolute Gasteiger partial charge is 0.373 e. The number of hydrogen-bond donors (Lipinski definition) is 1. The summed E-state index contributed by atoms with van der Waals surface area (Å²) in [5.41, 5.74) is 0.587. The van der Waals surface area contributed by atoms with Gasteiger partial charge in [-0.3, -0.25) is 14.4 Å². The minimum atomic E-state index is -0.0747. The predicted molar refractivity (Wildman–Crippen MR) is 72.0 cm³/mol. The van der Waals surface area contributed by atoms with Gasteiger partial charge in [0.1, 0.15) is 5.69 Å². The van der Waals surface area contributed by atoms with Crippen molar-refractivity contribution in [3.8, 4) is 0 Å². The Balaban J connectivity index is 1.75. The first kappa shape index (κ1) is 14.0. The Morgan fingerprint density at radius 3 is 2.74 bits per heavy atom. The fourth-order valence-electron chi connectivity index (χ4n) is 2.48. The SMILES string of the molecule is C[C@@H]1CN(CCNC(=O)c2ccnn2C)C[C@H](C)O1. The number of morpholine rings is 1. The summed E-state index contributed by atoms with van der Waals surface area (Å²) >= 11 is 0. The first-order valence-corrected chi connectivity index (χ1v) is 6.70. The molecule has 1 aromatic rings. The number of aryl methyl sites for hydroxylation is 1. The van der Waals surface area contributed by atoms with Crippen LogP contribution in [0, 0.1) is 0 Å². The van der Waals surface area contributed by atoms with Crippen LogP contribution in [-0.4, -0.2) is 59.0 Å². The Labute approximate surface area is 113 Å². The van der Waals surface area contributed by atoms with Crippen LogP contribution < -0.4 is 5.32 Å². The van der Waals surface area contributed by atoms with E-state index in [2.05, 4.69) is 29.2 Å². The lowest BCUT2D eigenvalue weighted by Gasteiger charge is -2.35. The zero-order valence-corrected chi connectivity index (χ0v) is 11.8. The molecular weight excluding hydrogens is 244 g/mol. The van der Waals surface area contributed by atoms with E-state index < -0.39 is 0 Å². The van der Waals surface area contributed by atoms with E-state index in [1.54, 1.807) is 24.0 Å². The lowest BCUT2D eigenvalue weighted by atomic mass is 10.2. The average molecular weight is 266 g/mol. The van der Waals surface area contributed by atoms with Gasteiger partial charge in [0.05, 0.1) is 12.2 Å². The molecule has 2 atom stereocenters. The van der Waals surface area contributed by atoms with E-state index in [1.165, 1.54) is 0 Å². The Hall–Kier alpha value is -1.40. The van der Waals surface area contributed by atoms with Gasteiger partial charge in [-0.25, -0.2) is 0 Å². The Morgan fingerprint density at radius 2 is 2.16 bits per heavy atom. The highest BCUT2D eigenvalue weighted by Gasteiger charge is 2.21. The summed E-state index contributed by atoms with van der Waals surface area (Å²) in [6.45, 7) is 7.50. The molecule has 1 saturated heterocycles.